The molecule has 0 aliphatic carbocycles. The summed E-state index contributed by atoms with van der Waals surface area (Å²) >= 11 is 0. The summed E-state index contributed by atoms with van der Waals surface area (Å²) in [4.78, 5) is 0. The Morgan fingerprint density at radius 3 is 1.63 bits per heavy atom. The molecule has 0 radical (unpaired) electrons. The van der Waals surface area contributed by atoms with Crippen molar-refractivity contribution in [2.75, 3.05) is 39.6 Å². The van der Waals surface area contributed by atoms with E-state index < -0.39 is 0 Å². The van der Waals surface area contributed by atoms with Gasteiger partial charge in [-0.25, -0.2) is 0 Å². The van der Waals surface area contributed by atoms with Gasteiger partial charge in [-0.2, -0.15) is 0 Å². The molecule has 5 rings (SSSR count). The average Bonchev–Trinajstić information content (AvgIpc) is 3.57. The van der Waals surface area contributed by atoms with E-state index in [2.05, 4.69) is 0 Å². The van der Waals surface area contributed by atoms with Crippen molar-refractivity contribution in [2.24, 2.45) is 0 Å². The second-order valence-corrected chi connectivity index (χ2v) is 6.95. The van der Waals surface area contributed by atoms with Crippen molar-refractivity contribution in [2.45, 2.75) is 18.3 Å². The van der Waals surface area contributed by atoms with Crippen LogP contribution in [0, 0.1) is 0 Å². The Bertz CT molecular complexity index is 744. The van der Waals surface area contributed by atoms with E-state index in [1.54, 1.807) is 0 Å². The Morgan fingerprint density at radius 1 is 0.667 bits per heavy atom. The highest BCUT2D eigenvalue weighted by atomic mass is 16.6. The Hall–Kier alpha value is -2.28. The topological polar surface area (TPSA) is 65.3 Å². The molecule has 0 N–H and O–H groups in total. The van der Waals surface area contributed by atoms with Crippen LogP contribution >= 0.6 is 0 Å². The lowest BCUT2D eigenvalue weighted by molar-refractivity contribution is 0.254. The Labute approximate surface area is 157 Å². The summed E-state index contributed by atoms with van der Waals surface area (Å²) in [6, 6.07) is 13.9. The summed E-state index contributed by atoms with van der Waals surface area (Å²) < 4.78 is 33.5. The molecule has 3 aliphatic heterocycles. The van der Waals surface area contributed by atoms with E-state index in [4.69, 9.17) is 28.4 Å². The SMILES string of the molecule is c1cc(OCC2CO2)c(-c2ccc(OCC3CO3)cc2)c(OCC2CO2)c1. The molecular weight excluding hydrogens is 348 g/mol. The molecule has 3 heterocycles. The highest BCUT2D eigenvalue weighted by molar-refractivity contribution is 5.77. The van der Waals surface area contributed by atoms with Gasteiger partial charge in [-0.15, -0.1) is 0 Å². The first-order chi connectivity index (χ1) is 13.3. The number of ether oxygens (including phenoxy) is 6. The van der Waals surface area contributed by atoms with E-state index in [0.29, 0.717) is 19.8 Å². The summed E-state index contributed by atoms with van der Waals surface area (Å²) in [5.74, 6) is 2.41. The van der Waals surface area contributed by atoms with Crippen LogP contribution in [0.3, 0.4) is 0 Å². The molecule has 3 unspecified atom stereocenters. The van der Waals surface area contributed by atoms with Crippen molar-refractivity contribution in [3.8, 4) is 28.4 Å². The van der Waals surface area contributed by atoms with Crippen LogP contribution in [0.1, 0.15) is 0 Å². The number of hydrogen-bond donors (Lipinski definition) is 0. The molecule has 3 fully saturated rings. The van der Waals surface area contributed by atoms with Crippen LogP contribution in [-0.2, 0) is 14.2 Å². The van der Waals surface area contributed by atoms with Gasteiger partial charge in [0.1, 0.15) is 55.4 Å². The standard InChI is InChI=1S/C21H22O6/c1-2-19(26-12-17-10-24-17)21(20(3-1)27-13-18-11-25-18)14-4-6-15(7-5-14)22-8-16-9-23-16/h1-7,16-18H,8-13H2. The number of hydrogen-bond acceptors (Lipinski definition) is 6. The summed E-state index contributed by atoms with van der Waals surface area (Å²) in [6.07, 6.45) is 0.638. The minimum absolute atomic E-state index is 0.197. The second-order valence-electron chi connectivity index (χ2n) is 6.95. The number of benzene rings is 2. The fourth-order valence-corrected chi connectivity index (χ4v) is 2.80. The predicted octanol–water partition coefficient (Wildman–Crippen LogP) is 2.69. The van der Waals surface area contributed by atoms with Gasteiger partial charge in [-0.1, -0.05) is 18.2 Å². The highest BCUT2D eigenvalue weighted by Gasteiger charge is 2.26. The van der Waals surface area contributed by atoms with Gasteiger partial charge in [-0.3, -0.25) is 0 Å². The van der Waals surface area contributed by atoms with Crippen LogP contribution in [0.25, 0.3) is 11.1 Å². The lowest BCUT2D eigenvalue weighted by Crippen LogP contribution is -2.08. The van der Waals surface area contributed by atoms with Crippen molar-refractivity contribution in [3.05, 3.63) is 42.5 Å². The second kappa shape index (κ2) is 7.38. The molecule has 0 bridgehead atoms. The molecule has 3 aliphatic rings. The van der Waals surface area contributed by atoms with E-state index in [-0.39, 0.29) is 18.3 Å². The largest absolute Gasteiger partial charge is 0.491 e. The number of rotatable bonds is 10. The molecule has 6 heteroatoms. The first-order valence-corrected chi connectivity index (χ1v) is 9.32. The van der Waals surface area contributed by atoms with Crippen LogP contribution in [0.5, 0.6) is 17.2 Å². The minimum Gasteiger partial charge on any atom is -0.491 e. The Balaban J connectivity index is 1.37. The van der Waals surface area contributed by atoms with E-state index in [1.807, 2.05) is 42.5 Å². The lowest BCUT2D eigenvalue weighted by Gasteiger charge is -2.16. The normalized spacial score (nSPS) is 25.0. The zero-order valence-corrected chi connectivity index (χ0v) is 15.0. The highest BCUT2D eigenvalue weighted by Crippen LogP contribution is 2.40. The molecule has 3 atom stereocenters. The average molecular weight is 370 g/mol. The van der Waals surface area contributed by atoms with Crippen LogP contribution in [0.15, 0.2) is 42.5 Å². The smallest absolute Gasteiger partial charge is 0.131 e. The van der Waals surface area contributed by atoms with Crippen LogP contribution in [0.2, 0.25) is 0 Å². The molecule has 2 aromatic rings. The molecular formula is C21H22O6. The number of epoxide rings is 3. The van der Waals surface area contributed by atoms with E-state index in [0.717, 1.165) is 48.2 Å². The van der Waals surface area contributed by atoms with Gasteiger partial charge in [0.25, 0.3) is 0 Å². The van der Waals surface area contributed by atoms with Crippen LogP contribution < -0.4 is 14.2 Å². The quantitative estimate of drug-likeness (QED) is 0.599. The molecule has 0 spiro atoms. The van der Waals surface area contributed by atoms with Crippen molar-refractivity contribution in [1.82, 2.24) is 0 Å². The van der Waals surface area contributed by atoms with Crippen molar-refractivity contribution < 1.29 is 28.4 Å². The van der Waals surface area contributed by atoms with Crippen molar-refractivity contribution >= 4 is 0 Å². The molecule has 3 saturated heterocycles. The van der Waals surface area contributed by atoms with Crippen LogP contribution in [0.4, 0.5) is 0 Å². The predicted molar refractivity (Wildman–Crippen MR) is 97.6 cm³/mol. The van der Waals surface area contributed by atoms with Crippen LogP contribution in [-0.4, -0.2) is 58.0 Å². The monoisotopic (exact) mass is 370 g/mol. The van der Waals surface area contributed by atoms with Gasteiger partial charge in [-0.05, 0) is 29.8 Å². The van der Waals surface area contributed by atoms with E-state index in [9.17, 15) is 0 Å². The molecule has 142 valence electrons. The summed E-state index contributed by atoms with van der Waals surface area (Å²) in [5.41, 5.74) is 1.96. The van der Waals surface area contributed by atoms with Gasteiger partial charge in [0.05, 0.1) is 25.4 Å². The summed E-state index contributed by atoms with van der Waals surface area (Å²) in [5, 5.41) is 0. The zero-order valence-electron chi connectivity index (χ0n) is 15.0. The van der Waals surface area contributed by atoms with E-state index >= 15 is 0 Å². The lowest BCUT2D eigenvalue weighted by atomic mass is 10.0. The van der Waals surface area contributed by atoms with Gasteiger partial charge >= 0.3 is 0 Å². The van der Waals surface area contributed by atoms with Crippen molar-refractivity contribution in [3.63, 3.8) is 0 Å². The third kappa shape index (κ3) is 4.53. The van der Waals surface area contributed by atoms with Gasteiger partial charge in [0.2, 0.25) is 0 Å². The molecule has 0 amide bonds. The van der Waals surface area contributed by atoms with Gasteiger partial charge < -0.3 is 28.4 Å². The maximum absolute atomic E-state index is 6.01. The molecule has 27 heavy (non-hydrogen) atoms. The zero-order chi connectivity index (χ0) is 18.1. The fraction of sp³-hybridized carbons (Fsp3) is 0.429. The first kappa shape index (κ1) is 16.9. The molecule has 0 saturated carbocycles. The maximum atomic E-state index is 6.01. The van der Waals surface area contributed by atoms with E-state index in [1.165, 1.54) is 0 Å². The first-order valence-electron chi connectivity index (χ1n) is 9.32. The Morgan fingerprint density at radius 2 is 1.15 bits per heavy atom. The van der Waals surface area contributed by atoms with Gasteiger partial charge in [0.15, 0.2) is 0 Å². The third-order valence-corrected chi connectivity index (χ3v) is 4.62. The minimum atomic E-state index is 0.197. The van der Waals surface area contributed by atoms with Crippen molar-refractivity contribution in [1.29, 1.82) is 0 Å². The maximum Gasteiger partial charge on any atom is 0.131 e. The van der Waals surface area contributed by atoms with Gasteiger partial charge in [0, 0.05) is 0 Å². The molecule has 0 aromatic heterocycles. The Kier molecular flexibility index (Phi) is 4.61. The summed E-state index contributed by atoms with van der Waals surface area (Å²) in [6.45, 7) is 4.01. The fourth-order valence-electron chi connectivity index (χ4n) is 2.80. The summed E-state index contributed by atoms with van der Waals surface area (Å²) in [7, 11) is 0. The molecule has 6 nitrogen and oxygen atoms in total. The molecule has 2 aromatic carbocycles. The third-order valence-electron chi connectivity index (χ3n) is 4.62.